The van der Waals surface area contributed by atoms with Crippen molar-refractivity contribution in [3.05, 3.63) is 65.1 Å². The number of rotatable bonds is 0. The minimum Gasteiger partial charge on any atom is -0.283 e. The molecule has 4 aromatic rings. The highest BCUT2D eigenvalue weighted by Gasteiger charge is 2.08. The monoisotopic (exact) mass is 219 g/mol. The molecular formula is C15H9NO. The minimum absolute atomic E-state index is 0.0294. The van der Waals surface area contributed by atoms with Crippen molar-refractivity contribution in [1.82, 2.24) is 4.40 Å². The average molecular weight is 219 g/mol. The molecule has 0 aliphatic rings. The summed E-state index contributed by atoms with van der Waals surface area (Å²) in [6.07, 6.45) is 1.83. The van der Waals surface area contributed by atoms with Crippen LogP contribution >= 0.6 is 0 Å². The van der Waals surface area contributed by atoms with E-state index in [0.29, 0.717) is 0 Å². The Labute approximate surface area is 97.1 Å². The van der Waals surface area contributed by atoms with E-state index in [9.17, 15) is 4.79 Å². The first kappa shape index (κ1) is 8.76. The maximum Gasteiger partial charge on any atom is 0.255 e. The summed E-state index contributed by atoms with van der Waals surface area (Å²) in [7, 11) is 0. The van der Waals surface area contributed by atoms with Gasteiger partial charge in [-0.15, -0.1) is 0 Å². The Balaban J connectivity index is 2.55. The molecule has 0 radical (unpaired) electrons. The summed E-state index contributed by atoms with van der Waals surface area (Å²) in [5.41, 5.74) is 1.05. The van der Waals surface area contributed by atoms with Gasteiger partial charge in [0, 0.05) is 17.6 Å². The second-order valence-electron chi connectivity index (χ2n) is 4.31. The van der Waals surface area contributed by atoms with Crippen LogP contribution in [-0.2, 0) is 0 Å². The lowest BCUT2D eigenvalue weighted by molar-refractivity contribution is 1.12. The zero-order chi connectivity index (χ0) is 11.4. The number of benzene rings is 2. The highest BCUT2D eigenvalue weighted by atomic mass is 16.1. The Morgan fingerprint density at radius 3 is 2.53 bits per heavy atom. The minimum atomic E-state index is 0.0294. The molecule has 2 heteroatoms. The molecule has 0 aliphatic carbocycles. The fraction of sp³-hybridized carbons (Fsp3) is 0. The first-order valence-corrected chi connectivity index (χ1v) is 5.60. The quantitative estimate of drug-likeness (QED) is 0.416. The fourth-order valence-electron chi connectivity index (χ4n) is 2.61. The van der Waals surface area contributed by atoms with Crippen LogP contribution in [0.15, 0.2) is 59.5 Å². The van der Waals surface area contributed by atoms with Gasteiger partial charge < -0.3 is 0 Å². The fourth-order valence-corrected chi connectivity index (χ4v) is 2.61. The van der Waals surface area contributed by atoms with Crippen LogP contribution in [0, 0.1) is 0 Å². The number of hydrogen-bond donors (Lipinski definition) is 0. The molecule has 0 N–H and O–H groups in total. The third-order valence-corrected chi connectivity index (χ3v) is 3.35. The van der Waals surface area contributed by atoms with Gasteiger partial charge in [-0.3, -0.25) is 9.20 Å². The molecule has 0 spiro atoms. The van der Waals surface area contributed by atoms with Gasteiger partial charge in [-0.1, -0.05) is 36.4 Å². The lowest BCUT2D eigenvalue weighted by atomic mass is 10.0. The molecule has 0 bridgehead atoms. The van der Waals surface area contributed by atoms with Crippen LogP contribution in [0.2, 0.25) is 0 Å². The molecule has 0 fully saturated rings. The molecule has 2 heterocycles. The van der Waals surface area contributed by atoms with Crippen molar-refractivity contribution < 1.29 is 0 Å². The largest absolute Gasteiger partial charge is 0.283 e. The van der Waals surface area contributed by atoms with E-state index >= 15 is 0 Å². The lowest BCUT2D eigenvalue weighted by Gasteiger charge is -2.10. The van der Waals surface area contributed by atoms with Gasteiger partial charge in [0.1, 0.15) is 0 Å². The van der Waals surface area contributed by atoms with Gasteiger partial charge in [0.05, 0.1) is 5.52 Å². The Hall–Kier alpha value is -2.35. The highest BCUT2D eigenvalue weighted by molar-refractivity contribution is 6.14. The van der Waals surface area contributed by atoms with Crippen molar-refractivity contribution in [2.45, 2.75) is 0 Å². The first-order chi connectivity index (χ1) is 8.34. The molecule has 2 aromatic carbocycles. The Kier molecular flexibility index (Phi) is 1.47. The van der Waals surface area contributed by atoms with Gasteiger partial charge in [-0.2, -0.15) is 0 Å². The Morgan fingerprint density at radius 1 is 0.824 bits per heavy atom. The van der Waals surface area contributed by atoms with Gasteiger partial charge in [-0.25, -0.2) is 0 Å². The topological polar surface area (TPSA) is 21.5 Å². The maximum atomic E-state index is 12.0. The zero-order valence-electron chi connectivity index (χ0n) is 9.05. The zero-order valence-corrected chi connectivity index (χ0v) is 9.05. The van der Waals surface area contributed by atoms with Crippen LogP contribution in [0.4, 0.5) is 0 Å². The van der Waals surface area contributed by atoms with Crippen molar-refractivity contribution in [2.75, 3.05) is 0 Å². The summed E-state index contributed by atoms with van der Waals surface area (Å²) in [5.74, 6) is 0. The van der Waals surface area contributed by atoms with Gasteiger partial charge >= 0.3 is 0 Å². The standard InChI is InChI=1S/C15H9NO/c17-13-9-12-4-1-3-10-6-7-11-5-2-8-16(13)15(11)14(10)12/h1-9H. The summed E-state index contributed by atoms with van der Waals surface area (Å²) in [6.45, 7) is 0. The van der Waals surface area contributed by atoms with Gasteiger partial charge in [-0.05, 0) is 22.2 Å². The molecule has 0 amide bonds. The van der Waals surface area contributed by atoms with Crippen LogP contribution in [0.3, 0.4) is 0 Å². The molecule has 0 unspecified atom stereocenters. The second-order valence-corrected chi connectivity index (χ2v) is 4.31. The summed E-state index contributed by atoms with van der Waals surface area (Å²) >= 11 is 0. The van der Waals surface area contributed by atoms with Crippen molar-refractivity contribution in [3.63, 3.8) is 0 Å². The van der Waals surface area contributed by atoms with E-state index < -0.39 is 0 Å². The van der Waals surface area contributed by atoms with E-state index in [4.69, 9.17) is 0 Å². The first-order valence-electron chi connectivity index (χ1n) is 5.60. The molecule has 2 nitrogen and oxygen atoms in total. The molecule has 0 aliphatic heterocycles. The van der Waals surface area contributed by atoms with E-state index in [2.05, 4.69) is 18.2 Å². The van der Waals surface area contributed by atoms with Crippen LogP contribution in [-0.4, -0.2) is 4.40 Å². The van der Waals surface area contributed by atoms with Gasteiger partial charge in [0.25, 0.3) is 5.56 Å². The van der Waals surface area contributed by atoms with E-state index in [-0.39, 0.29) is 5.56 Å². The van der Waals surface area contributed by atoms with Gasteiger partial charge in [0.15, 0.2) is 0 Å². The van der Waals surface area contributed by atoms with E-state index in [1.807, 2.05) is 30.5 Å². The second kappa shape index (κ2) is 2.86. The number of pyridine rings is 2. The number of aromatic nitrogens is 1. The Bertz CT molecular complexity index is 905. The molecule has 0 saturated carbocycles. The maximum absolute atomic E-state index is 12.0. The summed E-state index contributed by atoms with van der Waals surface area (Å²) < 4.78 is 1.73. The van der Waals surface area contributed by atoms with Crippen LogP contribution < -0.4 is 5.56 Å². The summed E-state index contributed by atoms with van der Waals surface area (Å²) in [4.78, 5) is 12.0. The van der Waals surface area contributed by atoms with Crippen molar-refractivity contribution in [2.24, 2.45) is 0 Å². The van der Waals surface area contributed by atoms with Crippen LogP contribution in [0.5, 0.6) is 0 Å². The lowest BCUT2D eigenvalue weighted by Crippen LogP contribution is -2.12. The molecule has 0 atom stereocenters. The number of nitrogens with zero attached hydrogens (tertiary/aromatic N) is 1. The molecule has 80 valence electrons. The molecule has 17 heavy (non-hydrogen) atoms. The molecule has 0 saturated heterocycles. The predicted molar refractivity (Wildman–Crippen MR) is 69.9 cm³/mol. The predicted octanol–water partition coefficient (Wildman–Crippen LogP) is 3.04. The summed E-state index contributed by atoms with van der Waals surface area (Å²) in [6, 6.07) is 15.9. The van der Waals surface area contributed by atoms with Crippen molar-refractivity contribution >= 4 is 27.1 Å². The smallest absolute Gasteiger partial charge is 0.255 e. The van der Waals surface area contributed by atoms with E-state index in [1.54, 1.807) is 10.5 Å². The molecule has 4 rings (SSSR count). The third-order valence-electron chi connectivity index (χ3n) is 3.35. The molecular weight excluding hydrogens is 210 g/mol. The van der Waals surface area contributed by atoms with E-state index in [0.717, 1.165) is 16.3 Å². The van der Waals surface area contributed by atoms with Crippen LogP contribution in [0.1, 0.15) is 0 Å². The average Bonchev–Trinajstić information content (AvgIpc) is 2.37. The third kappa shape index (κ3) is 1.02. The van der Waals surface area contributed by atoms with Crippen molar-refractivity contribution in [1.29, 1.82) is 0 Å². The normalized spacial score (nSPS) is 11.8. The van der Waals surface area contributed by atoms with Crippen molar-refractivity contribution in [3.8, 4) is 0 Å². The SMILES string of the molecule is O=c1cc2cccc3ccc4cccn1c4c32. The van der Waals surface area contributed by atoms with E-state index in [1.165, 1.54) is 10.8 Å². The van der Waals surface area contributed by atoms with Crippen LogP contribution in [0.25, 0.3) is 27.1 Å². The molecule has 2 aromatic heterocycles. The Morgan fingerprint density at radius 2 is 1.59 bits per heavy atom. The highest BCUT2D eigenvalue weighted by Crippen LogP contribution is 2.28. The van der Waals surface area contributed by atoms with Gasteiger partial charge in [0.2, 0.25) is 0 Å². The number of hydrogen-bond acceptors (Lipinski definition) is 1. The summed E-state index contributed by atoms with van der Waals surface area (Å²) in [5, 5.41) is 4.47.